The van der Waals surface area contributed by atoms with E-state index in [-0.39, 0.29) is 11.7 Å². The zero-order valence-electron chi connectivity index (χ0n) is 15.4. The molecule has 1 heterocycles. The van der Waals surface area contributed by atoms with E-state index >= 15 is 0 Å². The van der Waals surface area contributed by atoms with Crippen LogP contribution in [0.1, 0.15) is 63.8 Å². The first-order valence-corrected chi connectivity index (χ1v) is 9.84. The van der Waals surface area contributed by atoms with E-state index in [1.807, 2.05) is 6.07 Å². The molecule has 2 aliphatic carbocycles. The maximum absolute atomic E-state index is 14.5. The predicted octanol–water partition coefficient (Wildman–Crippen LogP) is 5.42. The monoisotopic (exact) mass is 358 g/mol. The maximum atomic E-state index is 14.5. The number of carbonyl (C=O) groups excluding carboxylic acids is 1. The SMILES string of the molecule is COc1cc(F)c2cc(NC(=O)CCC3CCCC3)n(C3CCC3)c2c1. The van der Waals surface area contributed by atoms with Gasteiger partial charge in [-0.1, -0.05) is 25.7 Å². The number of hydrogen-bond donors (Lipinski definition) is 1. The van der Waals surface area contributed by atoms with Gasteiger partial charge < -0.3 is 14.6 Å². The summed E-state index contributed by atoms with van der Waals surface area (Å²) < 4.78 is 21.8. The van der Waals surface area contributed by atoms with Crippen molar-refractivity contribution in [1.82, 2.24) is 4.57 Å². The van der Waals surface area contributed by atoms with E-state index in [2.05, 4.69) is 9.88 Å². The first kappa shape index (κ1) is 17.4. The summed E-state index contributed by atoms with van der Waals surface area (Å²) in [4.78, 5) is 12.5. The lowest BCUT2D eigenvalue weighted by Gasteiger charge is -2.30. The van der Waals surface area contributed by atoms with Crippen molar-refractivity contribution in [1.29, 1.82) is 0 Å². The minimum absolute atomic E-state index is 0.0349. The second-order valence-corrected chi connectivity index (χ2v) is 7.76. The Balaban J connectivity index is 1.58. The molecule has 0 saturated heterocycles. The molecule has 1 N–H and O–H groups in total. The van der Waals surface area contributed by atoms with Crippen LogP contribution in [0, 0.1) is 11.7 Å². The number of fused-ring (bicyclic) bond motifs is 1. The number of carbonyl (C=O) groups is 1. The zero-order valence-corrected chi connectivity index (χ0v) is 15.4. The molecule has 140 valence electrons. The number of nitrogens with zero attached hydrogens (tertiary/aromatic N) is 1. The molecule has 0 aliphatic heterocycles. The lowest BCUT2D eigenvalue weighted by atomic mass is 9.92. The van der Waals surface area contributed by atoms with E-state index in [1.54, 1.807) is 13.2 Å². The third kappa shape index (κ3) is 3.31. The Bertz CT molecular complexity index is 804. The second-order valence-electron chi connectivity index (χ2n) is 7.76. The molecule has 1 aromatic heterocycles. The second kappa shape index (κ2) is 7.29. The molecule has 4 nitrogen and oxygen atoms in total. The van der Waals surface area contributed by atoms with Gasteiger partial charge in [-0.15, -0.1) is 0 Å². The first-order valence-electron chi connectivity index (χ1n) is 9.84. The van der Waals surface area contributed by atoms with E-state index in [9.17, 15) is 9.18 Å². The molecule has 0 bridgehead atoms. The summed E-state index contributed by atoms with van der Waals surface area (Å²) in [5.74, 6) is 1.65. The molecule has 2 saturated carbocycles. The Morgan fingerprint density at radius 1 is 1.19 bits per heavy atom. The Morgan fingerprint density at radius 2 is 1.96 bits per heavy atom. The van der Waals surface area contributed by atoms with E-state index in [1.165, 1.54) is 38.2 Å². The minimum Gasteiger partial charge on any atom is -0.497 e. The standard InChI is InChI=1S/C21H27FN2O2/c1-26-16-11-18(22)17-13-20(24(19(17)12-16)15-7-4-8-15)23-21(25)10-9-14-5-2-3-6-14/h11-15H,2-10H2,1H3,(H,23,25). The molecule has 2 aliphatic rings. The van der Waals surface area contributed by atoms with Crippen molar-refractivity contribution in [2.45, 2.75) is 63.8 Å². The van der Waals surface area contributed by atoms with Crippen LogP contribution in [-0.4, -0.2) is 17.6 Å². The first-order chi connectivity index (χ1) is 12.7. The molecule has 5 heteroatoms. The predicted molar refractivity (Wildman–Crippen MR) is 101 cm³/mol. The van der Waals surface area contributed by atoms with Gasteiger partial charge in [0, 0.05) is 30.0 Å². The molecule has 0 unspecified atom stereocenters. The van der Waals surface area contributed by atoms with E-state index < -0.39 is 0 Å². The van der Waals surface area contributed by atoms with Crippen molar-refractivity contribution in [2.24, 2.45) is 5.92 Å². The number of amides is 1. The molecule has 2 aromatic rings. The lowest BCUT2D eigenvalue weighted by Crippen LogP contribution is -2.21. The number of rotatable bonds is 6. The molecule has 0 atom stereocenters. The molecule has 1 aromatic carbocycles. The number of benzene rings is 1. The highest BCUT2D eigenvalue weighted by atomic mass is 19.1. The fourth-order valence-electron chi connectivity index (χ4n) is 4.35. The summed E-state index contributed by atoms with van der Waals surface area (Å²) in [5, 5.41) is 3.60. The van der Waals surface area contributed by atoms with Crippen molar-refractivity contribution in [3.05, 3.63) is 24.0 Å². The van der Waals surface area contributed by atoms with Crippen LogP contribution in [-0.2, 0) is 4.79 Å². The van der Waals surface area contributed by atoms with Crippen LogP contribution < -0.4 is 10.1 Å². The Kier molecular flexibility index (Phi) is 4.88. The fourth-order valence-corrected chi connectivity index (χ4v) is 4.35. The Labute approximate surface area is 153 Å². The van der Waals surface area contributed by atoms with E-state index in [0.717, 1.165) is 24.8 Å². The molecule has 0 spiro atoms. The van der Waals surface area contributed by atoms with Gasteiger partial charge in [-0.3, -0.25) is 4.79 Å². The number of ether oxygens (including phenoxy) is 1. The van der Waals surface area contributed by atoms with Gasteiger partial charge >= 0.3 is 0 Å². The molecule has 26 heavy (non-hydrogen) atoms. The van der Waals surface area contributed by atoms with Crippen LogP contribution in [0.4, 0.5) is 10.2 Å². The van der Waals surface area contributed by atoms with Gasteiger partial charge in [0.15, 0.2) is 0 Å². The van der Waals surface area contributed by atoms with Crippen LogP contribution >= 0.6 is 0 Å². The lowest BCUT2D eigenvalue weighted by molar-refractivity contribution is -0.116. The summed E-state index contributed by atoms with van der Waals surface area (Å²) in [6.07, 6.45) is 9.89. The number of methoxy groups -OCH3 is 1. The summed E-state index contributed by atoms with van der Waals surface area (Å²) in [6.45, 7) is 0. The number of nitrogens with one attached hydrogen (secondary N) is 1. The molecule has 2 fully saturated rings. The largest absolute Gasteiger partial charge is 0.497 e. The topological polar surface area (TPSA) is 43.3 Å². The third-order valence-corrected chi connectivity index (χ3v) is 6.08. The average Bonchev–Trinajstić information content (AvgIpc) is 3.21. The average molecular weight is 358 g/mol. The van der Waals surface area contributed by atoms with Gasteiger partial charge in [0.05, 0.1) is 12.6 Å². The maximum Gasteiger partial charge on any atom is 0.225 e. The van der Waals surface area contributed by atoms with Crippen LogP contribution in [0.3, 0.4) is 0 Å². The minimum atomic E-state index is -0.307. The van der Waals surface area contributed by atoms with Crippen molar-refractivity contribution in [2.75, 3.05) is 12.4 Å². The van der Waals surface area contributed by atoms with Crippen molar-refractivity contribution < 1.29 is 13.9 Å². The highest BCUT2D eigenvalue weighted by molar-refractivity contribution is 5.95. The Morgan fingerprint density at radius 3 is 2.62 bits per heavy atom. The smallest absolute Gasteiger partial charge is 0.225 e. The highest BCUT2D eigenvalue weighted by Gasteiger charge is 2.26. The van der Waals surface area contributed by atoms with E-state index in [4.69, 9.17) is 4.74 Å². The fraction of sp³-hybridized carbons (Fsp3) is 0.571. The third-order valence-electron chi connectivity index (χ3n) is 6.08. The van der Waals surface area contributed by atoms with Crippen molar-refractivity contribution in [3.8, 4) is 5.75 Å². The van der Waals surface area contributed by atoms with Crippen LogP contribution in [0.5, 0.6) is 5.75 Å². The molecule has 1 amide bonds. The molecule has 4 rings (SSSR count). The molecular weight excluding hydrogens is 331 g/mol. The van der Waals surface area contributed by atoms with Gasteiger partial charge in [-0.25, -0.2) is 4.39 Å². The van der Waals surface area contributed by atoms with Crippen LogP contribution in [0.2, 0.25) is 0 Å². The number of anilines is 1. The van der Waals surface area contributed by atoms with Gasteiger partial charge in [0.2, 0.25) is 5.91 Å². The normalized spacial score (nSPS) is 18.2. The van der Waals surface area contributed by atoms with Crippen LogP contribution in [0.15, 0.2) is 18.2 Å². The van der Waals surface area contributed by atoms with Gasteiger partial charge in [0.25, 0.3) is 0 Å². The summed E-state index contributed by atoms with van der Waals surface area (Å²) in [5.41, 5.74) is 0.803. The van der Waals surface area contributed by atoms with Gasteiger partial charge in [-0.2, -0.15) is 0 Å². The summed E-state index contributed by atoms with van der Waals surface area (Å²) >= 11 is 0. The summed E-state index contributed by atoms with van der Waals surface area (Å²) in [7, 11) is 1.54. The number of hydrogen-bond acceptors (Lipinski definition) is 2. The summed E-state index contributed by atoms with van der Waals surface area (Å²) in [6, 6.07) is 5.36. The van der Waals surface area contributed by atoms with Crippen LogP contribution in [0.25, 0.3) is 10.9 Å². The molecular formula is C21H27FN2O2. The van der Waals surface area contributed by atoms with Gasteiger partial charge in [0.1, 0.15) is 17.4 Å². The van der Waals surface area contributed by atoms with Crippen molar-refractivity contribution >= 4 is 22.6 Å². The molecule has 0 radical (unpaired) electrons. The van der Waals surface area contributed by atoms with Gasteiger partial charge in [-0.05, 0) is 37.7 Å². The highest BCUT2D eigenvalue weighted by Crippen LogP contribution is 2.40. The number of halogens is 1. The number of aromatic nitrogens is 1. The zero-order chi connectivity index (χ0) is 18.1. The van der Waals surface area contributed by atoms with Crippen molar-refractivity contribution in [3.63, 3.8) is 0 Å². The quantitative estimate of drug-likeness (QED) is 0.749. The Hall–Kier alpha value is -2.04. The van der Waals surface area contributed by atoms with E-state index in [0.29, 0.717) is 35.3 Å².